The minimum atomic E-state index is -0.685. The molecule has 0 spiro atoms. The van der Waals surface area contributed by atoms with E-state index in [1.165, 1.54) is 18.3 Å². The molecular formula is C26H31N8O2P. The molecule has 2 aromatic heterocycles. The number of nitrogens with zero attached hydrogens (tertiary/aromatic N) is 4. The number of amides is 1. The number of pyridine rings is 1. The molecule has 1 aliphatic carbocycles. The van der Waals surface area contributed by atoms with Crippen molar-refractivity contribution in [1.29, 1.82) is 0 Å². The van der Waals surface area contributed by atoms with Crippen molar-refractivity contribution in [2.75, 3.05) is 31.1 Å². The molecule has 10 nitrogen and oxygen atoms in total. The van der Waals surface area contributed by atoms with Crippen LogP contribution in [0.15, 0.2) is 54.1 Å². The molecule has 11 heteroatoms. The second-order valence-electron chi connectivity index (χ2n) is 9.38. The van der Waals surface area contributed by atoms with Gasteiger partial charge in [0.2, 0.25) is 0 Å². The Kier molecular flexibility index (Phi) is 6.95. The van der Waals surface area contributed by atoms with Crippen LogP contribution in [-0.4, -0.2) is 52.6 Å². The van der Waals surface area contributed by atoms with Crippen LogP contribution >= 0.6 is 7.92 Å². The molecule has 1 fully saturated rings. The highest BCUT2D eigenvalue weighted by Gasteiger charge is 2.37. The van der Waals surface area contributed by atoms with E-state index in [1.807, 2.05) is 31.2 Å². The van der Waals surface area contributed by atoms with Gasteiger partial charge in [-0.3, -0.25) is 4.79 Å². The predicted molar refractivity (Wildman–Crippen MR) is 147 cm³/mol. The summed E-state index contributed by atoms with van der Waals surface area (Å²) < 4.78 is 5.88. The van der Waals surface area contributed by atoms with Crippen LogP contribution in [0, 0.1) is 6.92 Å². The Balaban J connectivity index is 1.47. The largest absolute Gasteiger partial charge is 0.494 e. The third kappa shape index (κ3) is 5.35. The van der Waals surface area contributed by atoms with Gasteiger partial charge in [-0.15, -0.1) is 10.2 Å². The number of carbonyl (C=O) groups is 1. The Hall–Kier alpha value is -3.75. The zero-order valence-corrected chi connectivity index (χ0v) is 22.2. The van der Waals surface area contributed by atoms with E-state index in [9.17, 15) is 4.79 Å². The molecule has 1 saturated carbocycles. The number of anilines is 4. The van der Waals surface area contributed by atoms with Gasteiger partial charge in [0.25, 0.3) is 5.91 Å². The summed E-state index contributed by atoms with van der Waals surface area (Å²) in [6.07, 6.45) is 6.42. The molecule has 0 radical (unpaired) electrons. The average Bonchev–Trinajstić information content (AvgIpc) is 3.61. The Morgan fingerprint density at radius 1 is 1.14 bits per heavy atom. The molecule has 1 aliphatic heterocycles. The summed E-state index contributed by atoms with van der Waals surface area (Å²) in [4.78, 5) is 16.5. The molecule has 3 aromatic rings. The fourth-order valence-corrected chi connectivity index (χ4v) is 5.47. The lowest BCUT2D eigenvalue weighted by Crippen LogP contribution is -2.35. The van der Waals surface area contributed by atoms with Gasteiger partial charge in [0.1, 0.15) is 11.6 Å². The number of hydrazine groups is 1. The van der Waals surface area contributed by atoms with Gasteiger partial charge in [-0.1, -0.05) is 20.1 Å². The second-order valence-corrected chi connectivity index (χ2v) is 11.6. The molecule has 1 atom stereocenters. The van der Waals surface area contributed by atoms with Crippen molar-refractivity contribution in [3.05, 3.63) is 70.9 Å². The number of hydrogen-bond donors (Lipinski definition) is 4. The number of para-hydroxylation sites is 1. The highest BCUT2D eigenvalue weighted by Crippen LogP contribution is 2.49. The summed E-state index contributed by atoms with van der Waals surface area (Å²) in [6.45, 7) is 6.52. The first kappa shape index (κ1) is 24.9. The van der Waals surface area contributed by atoms with Crippen molar-refractivity contribution >= 4 is 36.8 Å². The fraction of sp³-hybridized carbons (Fsp3) is 0.308. The van der Waals surface area contributed by atoms with Crippen LogP contribution in [0.3, 0.4) is 0 Å². The molecule has 5 N–H and O–H groups in total. The number of primary amides is 1. The molecule has 37 heavy (non-hydrogen) atoms. The number of benzene rings is 1. The van der Waals surface area contributed by atoms with Gasteiger partial charge < -0.3 is 26.1 Å². The Bertz CT molecular complexity index is 1360. The summed E-state index contributed by atoms with van der Waals surface area (Å²) in [5.41, 5.74) is 13.8. The number of hydrogen-bond acceptors (Lipinski definition) is 9. The van der Waals surface area contributed by atoms with Crippen LogP contribution in [0.2, 0.25) is 0 Å². The third-order valence-electron chi connectivity index (χ3n) is 6.26. The van der Waals surface area contributed by atoms with E-state index in [4.69, 9.17) is 10.5 Å². The third-order valence-corrected chi connectivity index (χ3v) is 7.54. The van der Waals surface area contributed by atoms with Crippen molar-refractivity contribution in [3.63, 3.8) is 0 Å². The molecule has 192 valence electrons. The molecule has 2 aliphatic rings. The fourth-order valence-electron chi connectivity index (χ4n) is 4.37. The van der Waals surface area contributed by atoms with Crippen molar-refractivity contribution in [1.82, 2.24) is 25.6 Å². The summed E-state index contributed by atoms with van der Waals surface area (Å²) in [7, 11) is 1.38. The average molecular weight is 519 g/mol. The normalized spacial score (nSPS) is 17.1. The van der Waals surface area contributed by atoms with Crippen molar-refractivity contribution < 1.29 is 9.53 Å². The lowest BCUT2D eigenvalue weighted by molar-refractivity contribution is 0.0995. The molecule has 1 unspecified atom stereocenters. The first-order valence-electron chi connectivity index (χ1n) is 12.1. The number of nitrogens with one attached hydrogen (secondary N) is 3. The van der Waals surface area contributed by atoms with Crippen LogP contribution in [0.5, 0.6) is 5.75 Å². The molecule has 1 aromatic carbocycles. The lowest BCUT2D eigenvalue weighted by atomic mass is 10.0. The van der Waals surface area contributed by atoms with Crippen molar-refractivity contribution in [2.24, 2.45) is 5.73 Å². The zero-order chi connectivity index (χ0) is 26.1. The van der Waals surface area contributed by atoms with Crippen LogP contribution in [-0.2, 0) is 0 Å². The lowest BCUT2D eigenvalue weighted by Gasteiger charge is -2.26. The number of carbonyl (C=O) groups excluding carboxylic acids is 1. The number of ether oxygens (including phenoxy) is 1. The summed E-state index contributed by atoms with van der Waals surface area (Å²) in [5, 5.41) is 17.0. The van der Waals surface area contributed by atoms with Gasteiger partial charge in [-0.25, -0.2) is 10.4 Å². The van der Waals surface area contributed by atoms with E-state index >= 15 is 0 Å². The highest BCUT2D eigenvalue weighted by atomic mass is 31.1. The monoisotopic (exact) mass is 518 g/mol. The number of nitrogens with two attached hydrogens (primary N) is 1. The maximum atomic E-state index is 12.2. The smallest absolute Gasteiger partial charge is 0.271 e. The van der Waals surface area contributed by atoms with E-state index in [0.717, 1.165) is 11.1 Å². The maximum Gasteiger partial charge on any atom is 0.271 e. The minimum Gasteiger partial charge on any atom is -0.494 e. The van der Waals surface area contributed by atoms with Gasteiger partial charge in [0.15, 0.2) is 11.5 Å². The number of rotatable bonds is 9. The molecule has 3 heterocycles. The standard InChI is InChI=1S/C26H31N8O2P/c1-15-10-11-28-21(12-15)30-22-13-20(24(26(27)35)32-31-22)29-18-7-5-6-17(25(18)36-2)19-14-23(37(3)4)34(33-19)16-8-9-16/h5-7,10-14,16,19,33H,8-9H2,1-4H3,(H2,27,35)(H2,28,29,30,31). The molecular weight excluding hydrogens is 487 g/mol. The van der Waals surface area contributed by atoms with E-state index in [-0.39, 0.29) is 19.7 Å². The van der Waals surface area contributed by atoms with Crippen LogP contribution in [0.25, 0.3) is 0 Å². The van der Waals surface area contributed by atoms with E-state index in [0.29, 0.717) is 34.8 Å². The maximum absolute atomic E-state index is 12.2. The van der Waals surface area contributed by atoms with Gasteiger partial charge >= 0.3 is 0 Å². The molecule has 1 amide bonds. The Labute approximate surface area is 217 Å². The van der Waals surface area contributed by atoms with Gasteiger partial charge in [-0.05, 0) is 62.9 Å². The van der Waals surface area contributed by atoms with E-state index < -0.39 is 5.91 Å². The topological polar surface area (TPSA) is 130 Å². The molecule has 0 saturated heterocycles. The predicted octanol–water partition coefficient (Wildman–Crippen LogP) is 4.38. The summed E-state index contributed by atoms with van der Waals surface area (Å²) in [6, 6.07) is 11.9. The van der Waals surface area contributed by atoms with Gasteiger partial charge in [0, 0.05) is 29.3 Å². The number of aryl methyl sites for hydroxylation is 1. The number of aromatic nitrogens is 3. The van der Waals surface area contributed by atoms with Gasteiger partial charge in [0.05, 0.1) is 24.5 Å². The number of methoxy groups -OCH3 is 1. The van der Waals surface area contributed by atoms with Gasteiger partial charge in [-0.2, -0.15) is 0 Å². The van der Waals surface area contributed by atoms with E-state index in [1.54, 1.807) is 19.4 Å². The van der Waals surface area contributed by atoms with Crippen LogP contribution < -0.4 is 26.5 Å². The quantitative estimate of drug-likeness (QED) is 0.305. The van der Waals surface area contributed by atoms with E-state index in [2.05, 4.69) is 61.7 Å². The first-order valence-corrected chi connectivity index (χ1v) is 14.3. The van der Waals surface area contributed by atoms with Crippen LogP contribution in [0.1, 0.15) is 40.5 Å². The van der Waals surface area contributed by atoms with Crippen molar-refractivity contribution in [2.45, 2.75) is 31.8 Å². The molecule has 5 rings (SSSR count). The minimum absolute atomic E-state index is 0.0204. The second kappa shape index (κ2) is 10.3. The van der Waals surface area contributed by atoms with Crippen molar-refractivity contribution in [3.8, 4) is 5.75 Å². The first-order chi connectivity index (χ1) is 17.8. The zero-order valence-electron chi connectivity index (χ0n) is 21.3. The van der Waals surface area contributed by atoms with Crippen LogP contribution in [0.4, 0.5) is 23.0 Å². The SMILES string of the molecule is COc1c(Nc2cc(Nc3cc(C)ccn3)nnc2C(N)=O)cccc1C1C=C(P(C)C)N(C2CC2)N1. The Morgan fingerprint density at radius 2 is 1.95 bits per heavy atom. The molecule has 0 bridgehead atoms. The summed E-state index contributed by atoms with van der Waals surface area (Å²) >= 11 is 0. The summed E-state index contributed by atoms with van der Waals surface area (Å²) in [5.74, 6) is 1.03. The highest BCUT2D eigenvalue weighted by molar-refractivity contribution is 7.60. The Morgan fingerprint density at radius 3 is 2.62 bits per heavy atom.